The molecule has 2 aromatic heterocycles. The Morgan fingerprint density at radius 3 is 2.89 bits per heavy atom. The van der Waals surface area contributed by atoms with Crippen LogP contribution in [0.5, 0.6) is 5.88 Å². The minimum Gasteiger partial charge on any atom is -0.474 e. The second-order valence-electron chi connectivity index (χ2n) is 3.44. The number of anilines is 1. The van der Waals surface area contributed by atoms with Crippen LogP contribution in [-0.4, -0.2) is 53.5 Å². The summed E-state index contributed by atoms with van der Waals surface area (Å²) in [7, 11) is 1.62. The van der Waals surface area contributed by atoms with Crippen molar-refractivity contribution in [2.45, 2.75) is 0 Å². The van der Waals surface area contributed by atoms with E-state index in [0.29, 0.717) is 43.5 Å². The van der Waals surface area contributed by atoms with E-state index < -0.39 is 0 Å². The maximum atomic E-state index is 5.55. The first-order valence-electron chi connectivity index (χ1n) is 5.47. The molecular formula is C10H15N5O3. The number of methoxy groups -OCH3 is 1. The van der Waals surface area contributed by atoms with Crippen molar-refractivity contribution in [3.05, 3.63) is 6.33 Å². The summed E-state index contributed by atoms with van der Waals surface area (Å²) < 4.78 is 15.6. The van der Waals surface area contributed by atoms with Gasteiger partial charge in [0.15, 0.2) is 5.65 Å². The number of imidazole rings is 1. The van der Waals surface area contributed by atoms with Crippen molar-refractivity contribution >= 4 is 17.1 Å². The van der Waals surface area contributed by atoms with Crippen LogP contribution in [0.4, 0.5) is 5.95 Å². The molecule has 0 radical (unpaired) electrons. The molecule has 0 amide bonds. The van der Waals surface area contributed by atoms with Gasteiger partial charge in [-0.1, -0.05) is 0 Å². The summed E-state index contributed by atoms with van der Waals surface area (Å²) in [4.78, 5) is 14.9. The monoisotopic (exact) mass is 253 g/mol. The van der Waals surface area contributed by atoms with Crippen LogP contribution in [0.25, 0.3) is 11.2 Å². The first kappa shape index (κ1) is 12.5. The number of nitrogen functional groups attached to an aromatic ring is 1. The van der Waals surface area contributed by atoms with E-state index in [1.165, 1.54) is 6.33 Å². The Kier molecular flexibility index (Phi) is 4.26. The maximum Gasteiger partial charge on any atom is 0.245 e. The fraction of sp³-hybridized carbons (Fsp3) is 0.500. The number of ether oxygens (including phenoxy) is 3. The minimum absolute atomic E-state index is 0.130. The summed E-state index contributed by atoms with van der Waals surface area (Å²) >= 11 is 0. The Labute approximate surface area is 103 Å². The predicted molar refractivity (Wildman–Crippen MR) is 64.3 cm³/mol. The quantitative estimate of drug-likeness (QED) is 0.667. The van der Waals surface area contributed by atoms with Crippen LogP contribution in [0.1, 0.15) is 0 Å². The van der Waals surface area contributed by atoms with Gasteiger partial charge in [0.25, 0.3) is 0 Å². The van der Waals surface area contributed by atoms with Crippen LogP contribution >= 0.6 is 0 Å². The smallest absolute Gasteiger partial charge is 0.245 e. The second-order valence-corrected chi connectivity index (χ2v) is 3.44. The minimum atomic E-state index is 0.130. The van der Waals surface area contributed by atoms with Crippen LogP contribution in [0.2, 0.25) is 0 Å². The van der Waals surface area contributed by atoms with E-state index in [4.69, 9.17) is 19.9 Å². The molecule has 8 heteroatoms. The molecule has 0 bridgehead atoms. The van der Waals surface area contributed by atoms with E-state index in [9.17, 15) is 0 Å². The average molecular weight is 253 g/mol. The molecule has 0 atom stereocenters. The van der Waals surface area contributed by atoms with Crippen LogP contribution in [-0.2, 0) is 9.47 Å². The fourth-order valence-electron chi connectivity index (χ4n) is 1.37. The molecule has 2 rings (SSSR count). The molecule has 3 N–H and O–H groups in total. The Bertz CT molecular complexity index is 501. The molecule has 0 saturated heterocycles. The Balaban J connectivity index is 1.89. The molecule has 18 heavy (non-hydrogen) atoms. The third-order valence-corrected chi connectivity index (χ3v) is 2.17. The molecule has 0 aromatic carbocycles. The third-order valence-electron chi connectivity index (χ3n) is 2.17. The Morgan fingerprint density at radius 2 is 2.06 bits per heavy atom. The van der Waals surface area contributed by atoms with Crippen molar-refractivity contribution in [2.75, 3.05) is 39.3 Å². The third kappa shape index (κ3) is 3.05. The molecular weight excluding hydrogens is 238 g/mol. The zero-order valence-electron chi connectivity index (χ0n) is 10.0. The zero-order chi connectivity index (χ0) is 12.8. The van der Waals surface area contributed by atoms with Gasteiger partial charge in [0.1, 0.15) is 12.1 Å². The van der Waals surface area contributed by atoms with E-state index in [-0.39, 0.29) is 5.95 Å². The molecule has 0 aliphatic heterocycles. The number of H-pyrrole nitrogens is 1. The summed E-state index contributed by atoms with van der Waals surface area (Å²) in [6, 6.07) is 0. The molecule has 0 spiro atoms. The number of nitrogens with one attached hydrogen (secondary N) is 1. The second kappa shape index (κ2) is 6.12. The molecule has 8 nitrogen and oxygen atoms in total. The van der Waals surface area contributed by atoms with E-state index >= 15 is 0 Å². The highest BCUT2D eigenvalue weighted by atomic mass is 16.5. The van der Waals surface area contributed by atoms with Gasteiger partial charge in [-0.3, -0.25) is 0 Å². The van der Waals surface area contributed by atoms with Crippen molar-refractivity contribution in [1.82, 2.24) is 19.9 Å². The molecule has 0 saturated carbocycles. The number of rotatable bonds is 7. The number of nitrogens with zero attached hydrogens (tertiary/aromatic N) is 3. The number of hydrogen-bond acceptors (Lipinski definition) is 7. The predicted octanol–water partition coefficient (Wildman–Crippen LogP) is -0.0231. The average Bonchev–Trinajstić information content (AvgIpc) is 2.81. The lowest BCUT2D eigenvalue weighted by Crippen LogP contribution is -2.11. The van der Waals surface area contributed by atoms with Gasteiger partial charge in [-0.25, -0.2) is 4.98 Å². The van der Waals surface area contributed by atoms with Gasteiger partial charge in [0.2, 0.25) is 11.8 Å². The van der Waals surface area contributed by atoms with Gasteiger partial charge < -0.3 is 24.9 Å². The molecule has 0 fully saturated rings. The van der Waals surface area contributed by atoms with Crippen molar-refractivity contribution in [3.63, 3.8) is 0 Å². The molecule has 98 valence electrons. The largest absolute Gasteiger partial charge is 0.474 e. The highest BCUT2D eigenvalue weighted by Crippen LogP contribution is 2.19. The number of aromatic amines is 1. The summed E-state index contributed by atoms with van der Waals surface area (Å²) in [5.41, 5.74) is 6.66. The normalized spacial score (nSPS) is 10.9. The van der Waals surface area contributed by atoms with Gasteiger partial charge in [0.05, 0.1) is 26.1 Å². The lowest BCUT2D eigenvalue weighted by atomic mass is 10.5. The van der Waals surface area contributed by atoms with Gasteiger partial charge >= 0.3 is 0 Å². The van der Waals surface area contributed by atoms with Crippen LogP contribution in [0.15, 0.2) is 6.33 Å². The first-order chi connectivity index (χ1) is 8.81. The summed E-state index contributed by atoms with van der Waals surface area (Å²) in [5, 5.41) is 0. The Hall–Kier alpha value is -1.93. The highest BCUT2D eigenvalue weighted by molar-refractivity contribution is 5.76. The van der Waals surface area contributed by atoms with Gasteiger partial charge in [-0.05, 0) is 0 Å². The molecule has 0 aliphatic carbocycles. The van der Waals surface area contributed by atoms with Crippen LogP contribution in [0, 0.1) is 0 Å². The first-order valence-corrected chi connectivity index (χ1v) is 5.47. The molecule has 2 aromatic rings. The maximum absolute atomic E-state index is 5.55. The zero-order valence-corrected chi connectivity index (χ0v) is 10.0. The van der Waals surface area contributed by atoms with Crippen molar-refractivity contribution in [3.8, 4) is 5.88 Å². The fourth-order valence-corrected chi connectivity index (χ4v) is 1.37. The number of nitrogens with two attached hydrogens (primary N) is 1. The van der Waals surface area contributed by atoms with E-state index in [1.807, 2.05) is 0 Å². The number of hydrogen-bond donors (Lipinski definition) is 2. The van der Waals surface area contributed by atoms with E-state index in [1.54, 1.807) is 7.11 Å². The van der Waals surface area contributed by atoms with Crippen molar-refractivity contribution in [2.24, 2.45) is 0 Å². The lowest BCUT2D eigenvalue weighted by molar-refractivity contribution is 0.0539. The van der Waals surface area contributed by atoms with Gasteiger partial charge in [-0.15, -0.1) is 0 Å². The van der Waals surface area contributed by atoms with Gasteiger partial charge in [-0.2, -0.15) is 9.97 Å². The summed E-state index contributed by atoms with van der Waals surface area (Å²) in [6.45, 7) is 1.91. The molecule has 0 unspecified atom stereocenters. The topological polar surface area (TPSA) is 108 Å². The highest BCUT2D eigenvalue weighted by Gasteiger charge is 2.09. The SMILES string of the molecule is COCCOCCOc1nc(N)nc2nc[nH]c12. The standard InChI is InChI=1S/C10H15N5O3/c1-16-2-3-17-4-5-18-9-7-8(13-6-12-7)14-10(11)15-9/h6H,2-5H2,1H3,(H3,11,12,13,14,15). The van der Waals surface area contributed by atoms with Crippen molar-refractivity contribution in [1.29, 1.82) is 0 Å². The molecule has 0 aliphatic rings. The van der Waals surface area contributed by atoms with Gasteiger partial charge in [0, 0.05) is 7.11 Å². The van der Waals surface area contributed by atoms with Crippen LogP contribution in [0.3, 0.4) is 0 Å². The molecule has 2 heterocycles. The number of aromatic nitrogens is 4. The summed E-state index contributed by atoms with van der Waals surface area (Å²) in [5.74, 6) is 0.509. The Morgan fingerprint density at radius 1 is 1.22 bits per heavy atom. The lowest BCUT2D eigenvalue weighted by Gasteiger charge is -2.07. The van der Waals surface area contributed by atoms with E-state index in [2.05, 4.69) is 19.9 Å². The summed E-state index contributed by atoms with van der Waals surface area (Å²) in [6.07, 6.45) is 1.51. The van der Waals surface area contributed by atoms with Crippen molar-refractivity contribution < 1.29 is 14.2 Å². The number of fused-ring (bicyclic) bond motifs is 1. The van der Waals surface area contributed by atoms with E-state index in [0.717, 1.165) is 0 Å². The van der Waals surface area contributed by atoms with Crippen LogP contribution < -0.4 is 10.5 Å².